The van der Waals surface area contributed by atoms with E-state index in [9.17, 15) is 0 Å². The van der Waals surface area contributed by atoms with Crippen molar-refractivity contribution in [3.8, 4) is 0 Å². The van der Waals surface area contributed by atoms with Gasteiger partial charge >= 0.3 is 16.8 Å². The van der Waals surface area contributed by atoms with Crippen molar-refractivity contribution in [2.24, 2.45) is 0 Å². The monoisotopic (exact) mass is 263 g/mol. The van der Waals surface area contributed by atoms with Crippen LogP contribution >= 0.6 is 0 Å². The van der Waals surface area contributed by atoms with Crippen molar-refractivity contribution in [3.63, 3.8) is 0 Å². The SMILES string of the molecule is O=[N+]([O-])[O-].O=[N+]([O-])[O-].O=[N+]([O-])[O-].[Co+2].[NH4+]. The smallest absolute Gasteiger partial charge is 0.369 e. The normalized spacial score (nSPS) is 5.14. The second-order valence-corrected chi connectivity index (χ2v) is 0.671. The number of nitrogens with zero attached hydrogens (tertiary/aromatic N) is 3. The molecule has 0 saturated carbocycles. The fraction of sp³-hybridized carbons (Fsp3) is 0. The third-order valence-corrected chi connectivity index (χ3v) is 0. The first-order chi connectivity index (χ1) is 5.20. The van der Waals surface area contributed by atoms with E-state index in [0.29, 0.717) is 0 Å². The molecule has 0 spiro atoms. The Bertz CT molecular complexity index is 114. The van der Waals surface area contributed by atoms with Crippen LogP contribution in [0.15, 0.2) is 0 Å². The summed E-state index contributed by atoms with van der Waals surface area (Å²) < 4.78 is 0. The molecule has 0 aliphatic rings. The number of quaternary nitrogens is 1. The van der Waals surface area contributed by atoms with Crippen molar-refractivity contribution in [1.82, 2.24) is 6.15 Å². The minimum absolute atomic E-state index is 0. The van der Waals surface area contributed by atoms with Crippen LogP contribution in [-0.2, 0) is 16.8 Å². The first-order valence-corrected chi connectivity index (χ1v) is 1.64. The van der Waals surface area contributed by atoms with E-state index in [0.717, 1.165) is 0 Å². The van der Waals surface area contributed by atoms with Crippen molar-refractivity contribution < 1.29 is 32.0 Å². The molecule has 0 aromatic carbocycles. The molecule has 0 aromatic rings. The van der Waals surface area contributed by atoms with Crippen LogP contribution in [0.5, 0.6) is 0 Å². The largest absolute Gasteiger partial charge is 2.00 e. The summed E-state index contributed by atoms with van der Waals surface area (Å²) in [5.41, 5.74) is 0. The van der Waals surface area contributed by atoms with Gasteiger partial charge in [-0.2, -0.15) is 0 Å². The molecule has 0 saturated heterocycles. The number of rotatable bonds is 0. The zero-order valence-electron chi connectivity index (χ0n) is 6.35. The van der Waals surface area contributed by atoms with Gasteiger partial charge in [0.05, 0.1) is 15.3 Å². The van der Waals surface area contributed by atoms with Gasteiger partial charge in [-0.25, -0.2) is 0 Å². The Labute approximate surface area is 85.0 Å². The van der Waals surface area contributed by atoms with Crippen LogP contribution in [0.2, 0.25) is 0 Å². The summed E-state index contributed by atoms with van der Waals surface area (Å²) in [7, 11) is 0. The standard InChI is InChI=1S/Co.3NO3.H3N/c;3*2-1(3)4;/h;;;;1H3/q+2;3*-1;/p+1. The maximum Gasteiger partial charge on any atom is 2.00 e. The van der Waals surface area contributed by atoms with Gasteiger partial charge in [0, 0.05) is 0 Å². The third-order valence-electron chi connectivity index (χ3n) is 0. The van der Waals surface area contributed by atoms with Crippen LogP contribution in [0.4, 0.5) is 0 Å². The van der Waals surface area contributed by atoms with Gasteiger partial charge in [0.25, 0.3) is 0 Å². The molecule has 0 aromatic heterocycles. The summed E-state index contributed by atoms with van der Waals surface area (Å²) in [6, 6.07) is 0. The molecule has 0 rings (SSSR count). The molecule has 0 fully saturated rings. The van der Waals surface area contributed by atoms with E-state index < -0.39 is 15.3 Å². The van der Waals surface area contributed by atoms with Gasteiger partial charge in [-0.15, -0.1) is 0 Å². The van der Waals surface area contributed by atoms with E-state index >= 15 is 0 Å². The van der Waals surface area contributed by atoms with Crippen molar-refractivity contribution in [2.45, 2.75) is 0 Å². The first kappa shape index (κ1) is 29.6. The van der Waals surface area contributed by atoms with E-state index in [1.165, 1.54) is 0 Å². The molecule has 1 radical (unpaired) electrons. The van der Waals surface area contributed by atoms with Crippen LogP contribution in [0, 0.1) is 46.0 Å². The molecular weight excluding hydrogens is 259 g/mol. The molecule has 13 nitrogen and oxygen atoms in total. The zero-order valence-corrected chi connectivity index (χ0v) is 7.39. The zero-order chi connectivity index (χ0) is 10.7. The minimum atomic E-state index is -1.75. The van der Waals surface area contributed by atoms with Gasteiger partial charge in [-0.1, -0.05) is 0 Å². The second kappa shape index (κ2) is 22.5. The average molecular weight is 263 g/mol. The summed E-state index contributed by atoms with van der Waals surface area (Å²) in [6.07, 6.45) is 0. The molecule has 0 bridgehead atoms. The van der Waals surface area contributed by atoms with Gasteiger partial charge < -0.3 is 52.1 Å². The van der Waals surface area contributed by atoms with Crippen LogP contribution in [0.1, 0.15) is 0 Å². The van der Waals surface area contributed by atoms with E-state index in [-0.39, 0.29) is 22.9 Å². The van der Waals surface area contributed by atoms with Gasteiger partial charge in [0.1, 0.15) is 0 Å². The molecule has 14 heavy (non-hydrogen) atoms. The Morgan fingerprint density at radius 2 is 0.571 bits per heavy atom. The molecule has 0 aliphatic heterocycles. The minimum Gasteiger partial charge on any atom is -0.369 e. The van der Waals surface area contributed by atoms with E-state index in [1.54, 1.807) is 0 Å². The Morgan fingerprint density at radius 1 is 0.571 bits per heavy atom. The Balaban J connectivity index is -0.0000000270. The van der Waals surface area contributed by atoms with Gasteiger partial charge in [0.2, 0.25) is 0 Å². The molecule has 0 atom stereocenters. The predicted molar refractivity (Wildman–Crippen MR) is 37.1 cm³/mol. The molecule has 0 heterocycles. The number of hydrogen-bond acceptors (Lipinski definition) is 9. The maximum atomic E-state index is 8.25. The predicted octanol–water partition coefficient (Wildman–Crippen LogP) is -0.344. The Hall–Kier alpha value is -1.93. The molecule has 87 valence electrons. The van der Waals surface area contributed by atoms with Crippen molar-refractivity contribution in [1.29, 1.82) is 0 Å². The van der Waals surface area contributed by atoms with E-state index in [2.05, 4.69) is 0 Å². The summed E-state index contributed by atoms with van der Waals surface area (Å²) >= 11 is 0. The van der Waals surface area contributed by atoms with E-state index in [4.69, 9.17) is 46.0 Å². The molecule has 0 unspecified atom stereocenters. The average Bonchev–Trinajstić information content (AvgIpc) is 1.54. The fourth-order valence-corrected chi connectivity index (χ4v) is 0. The second-order valence-electron chi connectivity index (χ2n) is 0.671. The van der Waals surface area contributed by atoms with E-state index in [1.807, 2.05) is 0 Å². The van der Waals surface area contributed by atoms with Crippen LogP contribution < -0.4 is 6.15 Å². The maximum absolute atomic E-state index is 8.25. The summed E-state index contributed by atoms with van der Waals surface area (Å²) in [4.78, 5) is 24.8. The molecule has 14 heteroatoms. The van der Waals surface area contributed by atoms with Crippen LogP contribution in [0.25, 0.3) is 0 Å². The summed E-state index contributed by atoms with van der Waals surface area (Å²) in [6.45, 7) is 0. The number of hydrogen-bond donors (Lipinski definition) is 1. The topological polar surface area (TPSA) is 235 Å². The molecule has 0 amide bonds. The van der Waals surface area contributed by atoms with Crippen molar-refractivity contribution in [3.05, 3.63) is 46.0 Å². The molecule has 0 aliphatic carbocycles. The van der Waals surface area contributed by atoms with Gasteiger partial charge in [0.15, 0.2) is 0 Å². The fourth-order valence-electron chi connectivity index (χ4n) is 0. The van der Waals surface area contributed by atoms with Gasteiger partial charge in [-0.05, 0) is 0 Å². The van der Waals surface area contributed by atoms with Crippen molar-refractivity contribution in [2.75, 3.05) is 0 Å². The third kappa shape index (κ3) is 221. The Morgan fingerprint density at radius 3 is 0.571 bits per heavy atom. The summed E-state index contributed by atoms with van der Waals surface area (Å²) in [5, 5.41) is 44.2. The van der Waals surface area contributed by atoms with Crippen LogP contribution in [0.3, 0.4) is 0 Å². The van der Waals surface area contributed by atoms with Crippen molar-refractivity contribution >= 4 is 0 Å². The molecule has 4 N–H and O–H groups in total. The summed E-state index contributed by atoms with van der Waals surface area (Å²) in [5.74, 6) is 0. The molecular formula is H4CoN4O9. The van der Waals surface area contributed by atoms with Crippen LogP contribution in [-0.4, -0.2) is 15.3 Å². The Kier molecular flexibility index (Phi) is 47.5. The first-order valence-electron chi connectivity index (χ1n) is 1.64. The quantitative estimate of drug-likeness (QED) is 0.443. The van der Waals surface area contributed by atoms with Gasteiger partial charge in [-0.3, -0.25) is 0 Å².